The summed E-state index contributed by atoms with van der Waals surface area (Å²) >= 11 is 0. The van der Waals surface area contributed by atoms with Crippen molar-refractivity contribution in [1.29, 1.82) is 0 Å². The van der Waals surface area contributed by atoms with E-state index < -0.39 is 8.32 Å². The summed E-state index contributed by atoms with van der Waals surface area (Å²) in [6.45, 7) is 12.2. The maximum Gasteiger partial charge on any atom is 0.184 e. The van der Waals surface area contributed by atoms with Crippen molar-refractivity contribution in [2.75, 3.05) is 7.11 Å². The fourth-order valence-corrected chi connectivity index (χ4v) is 9.09. The highest BCUT2D eigenvalue weighted by atomic mass is 28.4. The number of oxime groups is 1. The molecule has 0 aromatic carbocycles. The molecule has 4 aliphatic rings. The Morgan fingerprint density at radius 1 is 0.963 bits per heavy atom. The quantitative estimate of drug-likeness (QED) is 0.420. The van der Waals surface area contributed by atoms with E-state index in [0.717, 1.165) is 30.1 Å². The van der Waals surface area contributed by atoms with E-state index >= 15 is 0 Å². The molecule has 0 aliphatic heterocycles. The minimum absolute atomic E-state index is 0.304. The van der Waals surface area contributed by atoms with E-state index in [9.17, 15) is 0 Å². The molecule has 0 saturated heterocycles. The third-order valence-corrected chi connectivity index (χ3v) is 10.1. The van der Waals surface area contributed by atoms with Crippen molar-refractivity contribution in [2.45, 2.75) is 97.4 Å². The monoisotopic (exact) mass is 391 g/mol. The van der Waals surface area contributed by atoms with Crippen LogP contribution in [0.25, 0.3) is 0 Å². The highest BCUT2D eigenvalue weighted by Crippen LogP contribution is 2.65. The molecule has 154 valence electrons. The number of nitrogens with zero attached hydrogens (tertiary/aromatic N) is 1. The van der Waals surface area contributed by atoms with Crippen molar-refractivity contribution in [1.82, 2.24) is 0 Å². The van der Waals surface area contributed by atoms with Crippen LogP contribution in [0.3, 0.4) is 0 Å². The highest BCUT2D eigenvalue weighted by Gasteiger charge is 2.59. The maximum atomic E-state index is 6.54. The molecule has 0 aromatic rings. The van der Waals surface area contributed by atoms with Crippen LogP contribution in [0.4, 0.5) is 0 Å². The van der Waals surface area contributed by atoms with Gasteiger partial charge in [-0.25, -0.2) is 0 Å². The van der Waals surface area contributed by atoms with Gasteiger partial charge in [0.15, 0.2) is 8.32 Å². The second-order valence-corrected chi connectivity index (χ2v) is 16.0. The molecule has 7 atom stereocenters. The zero-order chi connectivity index (χ0) is 19.4. The summed E-state index contributed by atoms with van der Waals surface area (Å²) in [5.41, 5.74) is 2.21. The van der Waals surface area contributed by atoms with Crippen LogP contribution in [0.2, 0.25) is 19.6 Å². The number of rotatable bonds is 3. The van der Waals surface area contributed by atoms with E-state index in [4.69, 9.17) is 9.26 Å². The first-order chi connectivity index (χ1) is 12.7. The molecule has 4 rings (SSSR count). The predicted molar refractivity (Wildman–Crippen MR) is 114 cm³/mol. The number of fused-ring (bicyclic) bond motifs is 5. The van der Waals surface area contributed by atoms with Gasteiger partial charge in [-0.3, -0.25) is 0 Å². The Labute approximate surface area is 167 Å². The van der Waals surface area contributed by atoms with Crippen molar-refractivity contribution >= 4 is 14.0 Å². The number of hydrogen-bond donors (Lipinski definition) is 0. The summed E-state index contributed by atoms with van der Waals surface area (Å²) in [7, 11) is 0.283. The van der Waals surface area contributed by atoms with Gasteiger partial charge in [0.05, 0.1) is 5.71 Å². The Morgan fingerprint density at radius 3 is 2.44 bits per heavy atom. The van der Waals surface area contributed by atoms with Gasteiger partial charge in [-0.15, -0.1) is 0 Å². The van der Waals surface area contributed by atoms with Crippen molar-refractivity contribution < 1.29 is 9.26 Å². The molecule has 0 radical (unpaired) electrons. The van der Waals surface area contributed by atoms with Gasteiger partial charge < -0.3 is 9.26 Å². The van der Waals surface area contributed by atoms with Crippen LogP contribution in [0.15, 0.2) is 5.16 Å². The second-order valence-electron chi connectivity index (χ2n) is 11.5. The first-order valence-corrected chi connectivity index (χ1v) is 14.9. The zero-order valence-corrected chi connectivity index (χ0v) is 19.5. The van der Waals surface area contributed by atoms with Gasteiger partial charge in [0.2, 0.25) is 0 Å². The zero-order valence-electron chi connectivity index (χ0n) is 18.5. The topological polar surface area (TPSA) is 30.8 Å². The van der Waals surface area contributed by atoms with E-state index in [-0.39, 0.29) is 0 Å². The SMILES string of the molecule is CO/N=C1\CC[C@H]2[C@@H]3CC[C@H]4C[C@H](O[Si](C)(C)C)CC[C@]4(C)[C@H]3CC[C@]12C. The van der Waals surface area contributed by atoms with E-state index in [2.05, 4.69) is 38.6 Å². The van der Waals surface area contributed by atoms with Crippen molar-refractivity contribution in [3.05, 3.63) is 0 Å². The van der Waals surface area contributed by atoms with Gasteiger partial charge >= 0.3 is 0 Å². The average molecular weight is 392 g/mol. The van der Waals surface area contributed by atoms with E-state index in [0.29, 0.717) is 16.9 Å². The minimum Gasteiger partial charge on any atom is -0.415 e. The smallest absolute Gasteiger partial charge is 0.184 e. The fourth-order valence-electron chi connectivity index (χ4n) is 7.87. The first-order valence-electron chi connectivity index (χ1n) is 11.5. The van der Waals surface area contributed by atoms with Gasteiger partial charge in [0, 0.05) is 11.5 Å². The molecule has 0 aromatic heterocycles. The Hall–Kier alpha value is -0.353. The number of hydrogen-bond acceptors (Lipinski definition) is 3. The third-order valence-electron chi connectivity index (χ3n) is 9.08. The molecule has 0 bridgehead atoms. The highest BCUT2D eigenvalue weighted by molar-refractivity contribution is 6.69. The molecule has 0 amide bonds. The van der Waals surface area contributed by atoms with E-state index in [1.807, 2.05) is 0 Å². The maximum absolute atomic E-state index is 6.54. The molecule has 3 nitrogen and oxygen atoms in total. The Balaban J connectivity index is 1.52. The molecule has 0 N–H and O–H groups in total. The Bertz CT molecular complexity index is 600. The lowest BCUT2D eigenvalue weighted by Crippen LogP contribution is -2.54. The van der Waals surface area contributed by atoms with Crippen LogP contribution in [-0.2, 0) is 9.26 Å². The van der Waals surface area contributed by atoms with Gasteiger partial charge in [-0.2, -0.15) is 0 Å². The van der Waals surface area contributed by atoms with E-state index in [1.165, 1.54) is 57.1 Å². The lowest BCUT2D eigenvalue weighted by atomic mass is 9.45. The molecular formula is C23H41NO2Si. The Morgan fingerprint density at radius 2 is 1.74 bits per heavy atom. The molecule has 27 heavy (non-hydrogen) atoms. The third kappa shape index (κ3) is 3.33. The summed E-state index contributed by atoms with van der Waals surface area (Å²) in [5, 5.41) is 4.46. The summed E-state index contributed by atoms with van der Waals surface area (Å²) in [5.74, 6) is 3.54. The molecule has 0 spiro atoms. The van der Waals surface area contributed by atoms with Crippen LogP contribution >= 0.6 is 0 Å². The molecule has 4 saturated carbocycles. The van der Waals surface area contributed by atoms with Gasteiger partial charge in [-0.1, -0.05) is 19.0 Å². The minimum atomic E-state index is -1.43. The molecule has 0 heterocycles. The van der Waals surface area contributed by atoms with Gasteiger partial charge in [0.25, 0.3) is 0 Å². The fraction of sp³-hybridized carbons (Fsp3) is 0.957. The van der Waals surface area contributed by atoms with Gasteiger partial charge in [-0.05, 0) is 107 Å². The summed E-state index contributed by atoms with van der Waals surface area (Å²) in [6, 6.07) is 0. The van der Waals surface area contributed by atoms with Crippen LogP contribution in [0, 0.1) is 34.5 Å². The predicted octanol–water partition coefficient (Wildman–Crippen LogP) is 6.25. The van der Waals surface area contributed by atoms with Crippen molar-refractivity contribution in [2.24, 2.45) is 39.7 Å². The van der Waals surface area contributed by atoms with Gasteiger partial charge in [0.1, 0.15) is 7.11 Å². The molecule has 4 aliphatic carbocycles. The molecule has 0 unspecified atom stereocenters. The molecular weight excluding hydrogens is 350 g/mol. The summed E-state index contributed by atoms with van der Waals surface area (Å²) in [4.78, 5) is 5.21. The lowest BCUT2D eigenvalue weighted by molar-refractivity contribution is -0.111. The van der Waals surface area contributed by atoms with Crippen LogP contribution < -0.4 is 0 Å². The standard InChI is InChI=1S/C23H41NO2Si/c1-22-13-11-17(26-27(4,5)6)15-16(22)7-8-18-19-9-10-21(24-25-3)23(19,2)14-12-20(18)22/h16-20H,7-15H2,1-6H3/b24-21+/t16-,17+,18-,19-,20-,22-,23-/m0/s1. The summed E-state index contributed by atoms with van der Waals surface area (Å²) in [6.07, 6.45) is 12.6. The largest absolute Gasteiger partial charge is 0.415 e. The van der Waals surface area contributed by atoms with Crippen LogP contribution in [0.1, 0.15) is 71.6 Å². The molecule has 4 fully saturated rings. The molecule has 4 heteroatoms. The average Bonchev–Trinajstić information content (AvgIpc) is 2.91. The normalized spacial score (nSPS) is 48.7. The van der Waals surface area contributed by atoms with E-state index in [1.54, 1.807) is 7.11 Å². The lowest BCUT2D eigenvalue weighted by Gasteiger charge is -2.60. The van der Waals surface area contributed by atoms with Crippen LogP contribution in [-0.4, -0.2) is 27.2 Å². The summed E-state index contributed by atoms with van der Waals surface area (Å²) < 4.78 is 6.54. The van der Waals surface area contributed by atoms with Crippen molar-refractivity contribution in [3.63, 3.8) is 0 Å². The Kier molecular flexibility index (Phi) is 5.07. The first kappa shape index (κ1) is 19.9. The second kappa shape index (κ2) is 6.86. The van der Waals surface area contributed by atoms with Crippen molar-refractivity contribution in [3.8, 4) is 0 Å². The van der Waals surface area contributed by atoms with Crippen LogP contribution in [0.5, 0.6) is 0 Å².